The lowest BCUT2D eigenvalue weighted by molar-refractivity contribution is -0.00461. The van der Waals surface area contributed by atoms with Gasteiger partial charge in [-0.15, -0.1) is 0 Å². The second-order valence-electron chi connectivity index (χ2n) is 5.07. The minimum atomic E-state index is -0.940. The number of carboxylic acid groups (broad SMARTS) is 1. The van der Waals surface area contributed by atoms with E-state index in [1.54, 1.807) is 39.5 Å². The van der Waals surface area contributed by atoms with E-state index in [4.69, 9.17) is 19.3 Å². The molecule has 1 aliphatic rings. The summed E-state index contributed by atoms with van der Waals surface area (Å²) in [5, 5.41) is 9.10. The van der Waals surface area contributed by atoms with E-state index in [2.05, 4.69) is 4.90 Å². The van der Waals surface area contributed by atoms with Crippen LogP contribution in [0.2, 0.25) is 0 Å². The number of hydrogen-bond acceptors (Lipinski definition) is 5. The number of likely N-dealkylation sites (tertiary alicyclic amines) is 1. The highest BCUT2D eigenvalue weighted by Gasteiger charge is 2.33. The first-order valence-corrected chi connectivity index (χ1v) is 6.77. The SMILES string of the molecule is COc1ccc(C(=O)O)cc1CN1CC(OC)C(OC)C1. The highest BCUT2D eigenvalue weighted by atomic mass is 16.5. The van der Waals surface area contributed by atoms with Gasteiger partial charge in [0.2, 0.25) is 0 Å². The second-order valence-corrected chi connectivity index (χ2v) is 5.07. The normalized spacial score (nSPS) is 22.4. The Labute approximate surface area is 124 Å². The largest absolute Gasteiger partial charge is 0.496 e. The molecule has 6 nitrogen and oxygen atoms in total. The molecule has 0 amide bonds. The molecule has 2 rings (SSSR count). The van der Waals surface area contributed by atoms with Crippen molar-refractivity contribution in [2.45, 2.75) is 18.8 Å². The van der Waals surface area contributed by atoms with E-state index in [9.17, 15) is 4.79 Å². The highest BCUT2D eigenvalue weighted by Crippen LogP contribution is 2.25. The Balaban J connectivity index is 2.15. The molecule has 1 fully saturated rings. The van der Waals surface area contributed by atoms with Crippen molar-refractivity contribution in [3.8, 4) is 5.75 Å². The van der Waals surface area contributed by atoms with Gasteiger partial charge in [-0.1, -0.05) is 0 Å². The summed E-state index contributed by atoms with van der Waals surface area (Å²) < 4.78 is 16.1. The lowest BCUT2D eigenvalue weighted by atomic mass is 10.1. The summed E-state index contributed by atoms with van der Waals surface area (Å²) in [6.45, 7) is 2.09. The smallest absolute Gasteiger partial charge is 0.335 e. The van der Waals surface area contributed by atoms with Crippen LogP contribution in [0.4, 0.5) is 0 Å². The third-order valence-electron chi connectivity index (χ3n) is 3.82. The second kappa shape index (κ2) is 6.89. The van der Waals surface area contributed by atoms with E-state index in [1.165, 1.54) is 0 Å². The topological polar surface area (TPSA) is 68.2 Å². The zero-order valence-electron chi connectivity index (χ0n) is 12.5. The molecule has 1 N–H and O–H groups in total. The van der Waals surface area contributed by atoms with E-state index in [0.717, 1.165) is 18.7 Å². The van der Waals surface area contributed by atoms with Gasteiger partial charge in [0.25, 0.3) is 0 Å². The van der Waals surface area contributed by atoms with Crippen LogP contribution in [0.3, 0.4) is 0 Å². The summed E-state index contributed by atoms with van der Waals surface area (Å²) in [7, 11) is 4.93. The van der Waals surface area contributed by atoms with Gasteiger partial charge < -0.3 is 19.3 Å². The summed E-state index contributed by atoms with van der Waals surface area (Å²) in [5.41, 5.74) is 1.11. The highest BCUT2D eigenvalue weighted by molar-refractivity contribution is 5.88. The summed E-state index contributed by atoms with van der Waals surface area (Å²) in [4.78, 5) is 13.3. The number of carboxylic acids is 1. The predicted octanol–water partition coefficient (Wildman–Crippen LogP) is 1.24. The van der Waals surface area contributed by atoms with Crippen LogP contribution < -0.4 is 4.74 Å². The monoisotopic (exact) mass is 295 g/mol. The molecule has 1 heterocycles. The standard InChI is InChI=1S/C15H21NO5/c1-19-12-5-4-10(15(17)18)6-11(12)7-16-8-13(20-2)14(9-16)21-3/h4-6,13-14H,7-9H2,1-3H3,(H,17,18). The molecule has 2 atom stereocenters. The van der Waals surface area contributed by atoms with Crippen LogP contribution in [0, 0.1) is 0 Å². The first kappa shape index (κ1) is 15.8. The fourth-order valence-corrected chi connectivity index (χ4v) is 2.68. The Morgan fingerprint density at radius 2 is 1.86 bits per heavy atom. The molecule has 1 saturated heterocycles. The molecule has 1 aliphatic heterocycles. The van der Waals surface area contributed by atoms with E-state index in [1.807, 2.05) is 0 Å². The molecule has 0 aromatic heterocycles. The Hall–Kier alpha value is -1.63. The molecule has 1 aromatic rings. The van der Waals surface area contributed by atoms with Crippen molar-refractivity contribution in [3.05, 3.63) is 29.3 Å². The lowest BCUT2D eigenvalue weighted by Crippen LogP contribution is -2.27. The van der Waals surface area contributed by atoms with Gasteiger partial charge in [0.15, 0.2) is 0 Å². The van der Waals surface area contributed by atoms with Crippen molar-refractivity contribution in [2.75, 3.05) is 34.4 Å². The van der Waals surface area contributed by atoms with Crippen molar-refractivity contribution < 1.29 is 24.1 Å². The van der Waals surface area contributed by atoms with Crippen molar-refractivity contribution in [1.82, 2.24) is 4.90 Å². The van der Waals surface area contributed by atoms with Gasteiger partial charge in [-0.2, -0.15) is 0 Å². The van der Waals surface area contributed by atoms with Crippen molar-refractivity contribution in [1.29, 1.82) is 0 Å². The van der Waals surface area contributed by atoms with E-state index < -0.39 is 5.97 Å². The number of carbonyl (C=O) groups is 1. The van der Waals surface area contributed by atoms with Crippen LogP contribution in [0.15, 0.2) is 18.2 Å². The third-order valence-corrected chi connectivity index (χ3v) is 3.82. The average Bonchev–Trinajstić information content (AvgIpc) is 2.89. The Morgan fingerprint density at radius 3 is 2.33 bits per heavy atom. The van der Waals surface area contributed by atoms with Gasteiger partial charge in [-0.3, -0.25) is 4.90 Å². The number of nitrogens with zero attached hydrogens (tertiary/aromatic N) is 1. The zero-order chi connectivity index (χ0) is 15.4. The zero-order valence-corrected chi connectivity index (χ0v) is 12.5. The number of hydrogen-bond donors (Lipinski definition) is 1. The minimum absolute atomic E-state index is 0.0312. The number of methoxy groups -OCH3 is 3. The molecule has 2 unspecified atom stereocenters. The van der Waals surface area contributed by atoms with Gasteiger partial charge in [0, 0.05) is 39.4 Å². The summed E-state index contributed by atoms with van der Waals surface area (Å²) in [6.07, 6.45) is 0.0623. The first-order chi connectivity index (χ1) is 10.1. The van der Waals surface area contributed by atoms with Gasteiger partial charge >= 0.3 is 5.97 Å². The Kier molecular flexibility index (Phi) is 5.17. The summed E-state index contributed by atoms with van der Waals surface area (Å²) in [5.74, 6) is -0.250. The number of rotatable bonds is 6. The fourth-order valence-electron chi connectivity index (χ4n) is 2.68. The van der Waals surface area contributed by atoms with Crippen LogP contribution in [0.5, 0.6) is 5.75 Å². The molecule has 0 spiro atoms. The first-order valence-electron chi connectivity index (χ1n) is 6.77. The number of benzene rings is 1. The van der Waals surface area contributed by atoms with Gasteiger partial charge in [-0.05, 0) is 18.2 Å². The average molecular weight is 295 g/mol. The van der Waals surface area contributed by atoms with Crippen LogP contribution in [-0.2, 0) is 16.0 Å². The van der Waals surface area contributed by atoms with Gasteiger partial charge in [0.1, 0.15) is 5.75 Å². The van der Waals surface area contributed by atoms with E-state index in [0.29, 0.717) is 12.3 Å². The number of aromatic carboxylic acids is 1. The van der Waals surface area contributed by atoms with Crippen molar-refractivity contribution >= 4 is 5.97 Å². The molecule has 6 heteroatoms. The van der Waals surface area contributed by atoms with Crippen LogP contribution in [-0.4, -0.2) is 62.6 Å². The molecule has 116 valence electrons. The molecule has 21 heavy (non-hydrogen) atoms. The maximum atomic E-state index is 11.1. The van der Waals surface area contributed by atoms with Gasteiger partial charge in [-0.25, -0.2) is 4.79 Å². The lowest BCUT2D eigenvalue weighted by Gasteiger charge is -2.17. The van der Waals surface area contributed by atoms with E-state index >= 15 is 0 Å². The predicted molar refractivity (Wildman–Crippen MR) is 76.8 cm³/mol. The van der Waals surface area contributed by atoms with Gasteiger partial charge in [0.05, 0.1) is 24.9 Å². The summed E-state index contributed by atoms with van der Waals surface area (Å²) in [6, 6.07) is 4.89. The molecular formula is C15H21NO5. The van der Waals surface area contributed by atoms with Crippen LogP contribution in [0.1, 0.15) is 15.9 Å². The van der Waals surface area contributed by atoms with Crippen LogP contribution >= 0.6 is 0 Å². The molecule has 1 aromatic carbocycles. The Morgan fingerprint density at radius 1 is 1.24 bits per heavy atom. The van der Waals surface area contributed by atoms with Crippen LogP contribution in [0.25, 0.3) is 0 Å². The molecule has 0 aliphatic carbocycles. The van der Waals surface area contributed by atoms with Crippen molar-refractivity contribution in [2.24, 2.45) is 0 Å². The molecule has 0 saturated carbocycles. The summed E-state index contributed by atoms with van der Waals surface area (Å²) >= 11 is 0. The third kappa shape index (κ3) is 3.53. The quantitative estimate of drug-likeness (QED) is 0.851. The molecular weight excluding hydrogens is 274 g/mol. The van der Waals surface area contributed by atoms with Crippen molar-refractivity contribution in [3.63, 3.8) is 0 Å². The maximum absolute atomic E-state index is 11.1. The fraction of sp³-hybridized carbons (Fsp3) is 0.533. The van der Waals surface area contributed by atoms with E-state index in [-0.39, 0.29) is 17.8 Å². The molecule has 0 bridgehead atoms. The minimum Gasteiger partial charge on any atom is -0.496 e. The maximum Gasteiger partial charge on any atom is 0.335 e. The molecule has 0 radical (unpaired) electrons. The Bertz CT molecular complexity index is 493. The number of ether oxygens (including phenoxy) is 3.